The van der Waals surface area contributed by atoms with Gasteiger partial charge in [-0.1, -0.05) is 61.3 Å². The Hall–Kier alpha value is -2.98. The van der Waals surface area contributed by atoms with Gasteiger partial charge in [0.15, 0.2) is 5.78 Å². The number of nitrogens with zero attached hydrogens (tertiary/aromatic N) is 1. The molecule has 6 amide bonds. The van der Waals surface area contributed by atoms with Crippen LogP contribution in [0.4, 0.5) is 4.79 Å². The maximum Gasteiger partial charge on any atom is 0.312 e. The minimum atomic E-state index is -0.696. The van der Waals surface area contributed by atoms with Crippen molar-refractivity contribution in [1.29, 1.82) is 0 Å². The number of urea groups is 1. The van der Waals surface area contributed by atoms with Gasteiger partial charge in [-0.25, -0.2) is 4.79 Å². The molecule has 1 aliphatic heterocycles. The number of primary amides is 1. The van der Waals surface area contributed by atoms with E-state index in [0.717, 1.165) is 0 Å². The molecule has 0 spiro atoms. The van der Waals surface area contributed by atoms with E-state index in [1.54, 1.807) is 6.92 Å². The van der Waals surface area contributed by atoms with Gasteiger partial charge in [0.2, 0.25) is 23.6 Å². The number of carbonyl (C=O) groups is 6. The summed E-state index contributed by atoms with van der Waals surface area (Å²) in [5.74, 6) is -1.52. The molecule has 1 fully saturated rings. The zero-order valence-electron chi connectivity index (χ0n) is 24.9. The summed E-state index contributed by atoms with van der Waals surface area (Å²) in [4.78, 5) is 70.9. The molecule has 222 valence electrons. The number of rotatable bonds is 14. The fourth-order valence-corrected chi connectivity index (χ4v) is 3.22. The van der Waals surface area contributed by atoms with Crippen LogP contribution >= 0.6 is 0 Å². The number of likely N-dealkylation sites (tertiary alicyclic amines) is 1. The molecule has 2 unspecified atom stereocenters. The minimum absolute atomic E-state index is 0.137. The van der Waals surface area contributed by atoms with Crippen molar-refractivity contribution in [3.05, 3.63) is 0 Å². The van der Waals surface area contributed by atoms with Gasteiger partial charge < -0.3 is 21.7 Å². The number of ketones is 1. The Balaban J connectivity index is -0.00000159. The predicted molar refractivity (Wildman–Crippen MR) is 150 cm³/mol. The number of carbonyl (C=O) groups excluding carboxylic acids is 6. The fraction of sp³-hybridized carbons (Fsp3) is 0.778. The molecule has 0 aromatic rings. The molecule has 1 rings (SSSR count). The zero-order chi connectivity index (χ0) is 30.1. The van der Waals surface area contributed by atoms with Gasteiger partial charge in [0.1, 0.15) is 0 Å². The average Bonchev–Trinajstić information content (AvgIpc) is 3.12. The molecular formula is C27H53N5O6. The number of hydrogen-bond donors (Lipinski definition) is 4. The standard InChI is InChI=1S/C20H33N5O6.C3H8.2C2H6/c1-13-11-18(29)25(19(13)30)10-5-3-4-8-16(27)23-12-17(28)24-15(14(2)26)7-6-9-22-20(21)31;1-3-2;2*1-2/h13,15H,3-12H2,1-2H3,(H,23,27)(H,24,28)(H3,21,22,31);3H2,1-2H3;2*1-2H3. The summed E-state index contributed by atoms with van der Waals surface area (Å²) in [7, 11) is 0. The van der Waals surface area contributed by atoms with Crippen molar-refractivity contribution in [2.24, 2.45) is 11.7 Å². The monoisotopic (exact) mass is 543 g/mol. The Morgan fingerprint density at radius 3 is 2.00 bits per heavy atom. The summed E-state index contributed by atoms with van der Waals surface area (Å²) < 4.78 is 0. The lowest BCUT2D eigenvalue weighted by Gasteiger charge is -2.16. The quantitative estimate of drug-likeness (QED) is 0.194. The van der Waals surface area contributed by atoms with Crippen LogP contribution < -0.4 is 21.7 Å². The second-order valence-electron chi connectivity index (χ2n) is 8.45. The highest BCUT2D eigenvalue weighted by Crippen LogP contribution is 2.19. The van der Waals surface area contributed by atoms with Crippen LogP contribution in [0, 0.1) is 5.92 Å². The summed E-state index contributed by atoms with van der Waals surface area (Å²) in [6.45, 7) is 15.8. The first kappa shape index (κ1) is 39.5. The molecule has 2 atom stereocenters. The number of imide groups is 1. The molecule has 0 aromatic heterocycles. The Morgan fingerprint density at radius 1 is 0.947 bits per heavy atom. The summed E-state index contributed by atoms with van der Waals surface area (Å²) in [6.07, 6.45) is 4.42. The molecule has 0 aliphatic carbocycles. The number of unbranched alkanes of at least 4 members (excludes halogenated alkanes) is 2. The lowest BCUT2D eigenvalue weighted by atomic mass is 10.1. The average molecular weight is 544 g/mol. The van der Waals surface area contributed by atoms with Crippen molar-refractivity contribution in [2.45, 2.75) is 113 Å². The highest BCUT2D eigenvalue weighted by atomic mass is 16.2. The van der Waals surface area contributed by atoms with Crippen LogP contribution in [0.1, 0.15) is 107 Å². The number of Topliss-reactive ketones (excluding diaryl/α,β-unsaturated/α-hetero) is 1. The summed E-state index contributed by atoms with van der Waals surface area (Å²) in [6, 6.07) is -1.35. The van der Waals surface area contributed by atoms with E-state index >= 15 is 0 Å². The van der Waals surface area contributed by atoms with Crippen molar-refractivity contribution in [3.8, 4) is 0 Å². The first-order chi connectivity index (χ1) is 18.0. The number of nitrogens with one attached hydrogen (secondary N) is 3. The maximum atomic E-state index is 12.0. The van der Waals surface area contributed by atoms with E-state index < -0.39 is 18.0 Å². The van der Waals surface area contributed by atoms with Crippen LogP contribution in [0.25, 0.3) is 0 Å². The van der Waals surface area contributed by atoms with E-state index in [9.17, 15) is 28.8 Å². The van der Waals surface area contributed by atoms with Crippen LogP contribution in [0.3, 0.4) is 0 Å². The number of amides is 6. The van der Waals surface area contributed by atoms with E-state index in [2.05, 4.69) is 29.8 Å². The van der Waals surface area contributed by atoms with Crippen molar-refractivity contribution >= 4 is 35.4 Å². The first-order valence-corrected chi connectivity index (χ1v) is 14.0. The molecule has 11 heteroatoms. The highest BCUT2D eigenvalue weighted by molar-refractivity contribution is 6.03. The van der Waals surface area contributed by atoms with Crippen molar-refractivity contribution in [3.63, 3.8) is 0 Å². The van der Waals surface area contributed by atoms with Gasteiger partial charge in [-0.3, -0.25) is 28.9 Å². The van der Waals surface area contributed by atoms with Gasteiger partial charge in [0, 0.05) is 31.8 Å². The Bertz CT molecular complexity index is 714. The topological polar surface area (TPSA) is 168 Å². The third-order valence-corrected chi connectivity index (χ3v) is 5.00. The molecular weight excluding hydrogens is 490 g/mol. The molecule has 0 saturated carbocycles. The van der Waals surface area contributed by atoms with E-state index in [1.165, 1.54) is 18.2 Å². The van der Waals surface area contributed by atoms with Gasteiger partial charge in [0.05, 0.1) is 12.6 Å². The summed E-state index contributed by atoms with van der Waals surface area (Å²) >= 11 is 0. The normalized spacial score (nSPS) is 14.4. The van der Waals surface area contributed by atoms with Gasteiger partial charge in [-0.15, -0.1) is 0 Å². The minimum Gasteiger partial charge on any atom is -0.352 e. The van der Waals surface area contributed by atoms with E-state index in [1.807, 2.05) is 27.7 Å². The molecule has 11 nitrogen and oxygen atoms in total. The zero-order valence-corrected chi connectivity index (χ0v) is 24.9. The first-order valence-electron chi connectivity index (χ1n) is 14.0. The van der Waals surface area contributed by atoms with Crippen LogP contribution in [0.2, 0.25) is 0 Å². The smallest absolute Gasteiger partial charge is 0.312 e. The van der Waals surface area contributed by atoms with E-state index in [0.29, 0.717) is 45.2 Å². The molecule has 1 heterocycles. The van der Waals surface area contributed by atoms with E-state index in [-0.39, 0.29) is 48.8 Å². The van der Waals surface area contributed by atoms with Crippen LogP contribution in [-0.4, -0.2) is 66.0 Å². The third-order valence-electron chi connectivity index (χ3n) is 5.00. The molecule has 0 aromatic carbocycles. The van der Waals surface area contributed by atoms with Crippen LogP contribution in [0.5, 0.6) is 0 Å². The van der Waals surface area contributed by atoms with Crippen LogP contribution in [0.15, 0.2) is 0 Å². The predicted octanol–water partition coefficient (Wildman–Crippen LogP) is 3.05. The fourth-order valence-electron chi connectivity index (χ4n) is 3.22. The molecule has 0 bridgehead atoms. The Morgan fingerprint density at radius 2 is 1.53 bits per heavy atom. The van der Waals surface area contributed by atoms with E-state index in [4.69, 9.17) is 5.73 Å². The highest BCUT2D eigenvalue weighted by Gasteiger charge is 2.34. The summed E-state index contributed by atoms with van der Waals surface area (Å²) in [5.41, 5.74) is 4.96. The largest absolute Gasteiger partial charge is 0.352 e. The summed E-state index contributed by atoms with van der Waals surface area (Å²) in [5, 5.41) is 7.47. The van der Waals surface area contributed by atoms with Crippen molar-refractivity contribution in [1.82, 2.24) is 20.9 Å². The molecule has 38 heavy (non-hydrogen) atoms. The van der Waals surface area contributed by atoms with Gasteiger partial charge >= 0.3 is 6.03 Å². The lowest BCUT2D eigenvalue weighted by Crippen LogP contribution is -2.45. The van der Waals surface area contributed by atoms with Gasteiger partial charge in [0.25, 0.3) is 0 Å². The number of hydrogen-bond acceptors (Lipinski definition) is 6. The lowest BCUT2D eigenvalue weighted by molar-refractivity contribution is -0.139. The molecule has 1 aliphatic rings. The molecule has 5 N–H and O–H groups in total. The third kappa shape index (κ3) is 20.1. The number of nitrogens with two attached hydrogens (primary N) is 1. The second-order valence-corrected chi connectivity index (χ2v) is 8.45. The molecule has 0 radical (unpaired) electrons. The van der Waals surface area contributed by atoms with Gasteiger partial charge in [-0.2, -0.15) is 0 Å². The van der Waals surface area contributed by atoms with Crippen molar-refractivity contribution < 1.29 is 28.8 Å². The Labute approximate surface area is 229 Å². The van der Waals surface area contributed by atoms with Gasteiger partial charge in [-0.05, 0) is 32.6 Å². The Kier molecular flexibility index (Phi) is 26.7. The SMILES string of the molecule is CC.CC.CC(=O)C(CCCNC(N)=O)NC(=O)CNC(=O)CCCCCN1C(=O)CC(C)C1=O.CCC. The maximum absolute atomic E-state index is 12.0. The van der Waals surface area contributed by atoms with Crippen molar-refractivity contribution in [2.75, 3.05) is 19.6 Å². The molecule has 1 saturated heterocycles. The second kappa shape index (κ2) is 25.7. The van der Waals surface area contributed by atoms with Crippen LogP contribution in [-0.2, 0) is 24.0 Å².